The molecule has 6 nitrogen and oxygen atoms in total. The van der Waals surface area contributed by atoms with Crippen molar-refractivity contribution in [1.82, 2.24) is 9.55 Å². The molecule has 0 aliphatic heterocycles. The van der Waals surface area contributed by atoms with Gasteiger partial charge in [-0.15, -0.1) is 11.3 Å². The van der Waals surface area contributed by atoms with Gasteiger partial charge in [-0.25, -0.2) is 4.98 Å². The van der Waals surface area contributed by atoms with Gasteiger partial charge in [-0.05, 0) is 67.3 Å². The van der Waals surface area contributed by atoms with Gasteiger partial charge in [0.1, 0.15) is 10.6 Å². The van der Waals surface area contributed by atoms with Crippen molar-refractivity contribution in [3.8, 4) is 11.4 Å². The lowest BCUT2D eigenvalue weighted by Crippen LogP contribution is -2.27. The number of thiophene rings is 1. The van der Waals surface area contributed by atoms with E-state index in [1.807, 2.05) is 31.2 Å². The number of carboxylic acids is 1. The Balaban J connectivity index is 1.86. The highest BCUT2D eigenvalue weighted by Crippen LogP contribution is 2.42. The van der Waals surface area contributed by atoms with Crippen LogP contribution >= 0.6 is 23.1 Å². The molecule has 8 heteroatoms. The number of carboxylic acid groups (broad SMARTS) is 1. The largest absolute Gasteiger partial charge is 0.494 e. The van der Waals surface area contributed by atoms with Crippen molar-refractivity contribution in [2.75, 3.05) is 12.4 Å². The number of rotatable bonds is 6. The van der Waals surface area contributed by atoms with Gasteiger partial charge in [-0.2, -0.15) is 0 Å². The fourth-order valence-corrected chi connectivity index (χ4v) is 6.33. The maximum Gasteiger partial charge on any atom is 0.313 e. The summed E-state index contributed by atoms with van der Waals surface area (Å²) in [6, 6.07) is 7.27. The Morgan fingerprint density at radius 1 is 1.31 bits per heavy atom. The lowest BCUT2D eigenvalue weighted by molar-refractivity contribution is -0.133. The first-order valence-corrected chi connectivity index (χ1v) is 12.6. The molecule has 170 valence electrons. The molecule has 32 heavy (non-hydrogen) atoms. The molecule has 2 heterocycles. The summed E-state index contributed by atoms with van der Waals surface area (Å²) in [5, 5.41) is 10.3. The third kappa shape index (κ3) is 4.43. The van der Waals surface area contributed by atoms with E-state index in [0.29, 0.717) is 33.6 Å². The fraction of sp³-hybridized carbons (Fsp3) is 0.458. The first kappa shape index (κ1) is 22.9. The second-order valence-electron chi connectivity index (χ2n) is 9.13. The van der Waals surface area contributed by atoms with Crippen LogP contribution < -0.4 is 10.3 Å². The van der Waals surface area contributed by atoms with Crippen LogP contribution in [0.25, 0.3) is 15.9 Å². The highest BCUT2D eigenvalue weighted by molar-refractivity contribution is 7.99. The first-order chi connectivity index (χ1) is 15.2. The summed E-state index contributed by atoms with van der Waals surface area (Å²) < 4.78 is 7.07. The Bertz CT molecular complexity index is 1210. The van der Waals surface area contributed by atoms with Crippen LogP contribution in [-0.2, 0) is 17.6 Å². The van der Waals surface area contributed by atoms with E-state index in [0.717, 1.165) is 42.3 Å². The van der Waals surface area contributed by atoms with Crippen molar-refractivity contribution in [3.63, 3.8) is 0 Å². The Kier molecular flexibility index (Phi) is 6.36. The molecule has 0 bridgehead atoms. The van der Waals surface area contributed by atoms with Crippen molar-refractivity contribution in [1.29, 1.82) is 0 Å². The number of carbonyl (C=O) groups is 1. The maximum absolute atomic E-state index is 13.8. The highest BCUT2D eigenvalue weighted by atomic mass is 32.2. The zero-order valence-electron chi connectivity index (χ0n) is 18.8. The monoisotopic (exact) mass is 472 g/mol. The number of aromatic nitrogens is 2. The zero-order chi connectivity index (χ0) is 23.0. The van der Waals surface area contributed by atoms with Crippen LogP contribution in [-0.4, -0.2) is 33.0 Å². The van der Waals surface area contributed by atoms with Gasteiger partial charge in [-0.3, -0.25) is 14.2 Å². The summed E-state index contributed by atoms with van der Waals surface area (Å²) in [6.45, 7) is 9.29. The van der Waals surface area contributed by atoms with E-state index in [4.69, 9.17) is 9.72 Å². The maximum atomic E-state index is 13.8. The summed E-state index contributed by atoms with van der Waals surface area (Å²) in [4.78, 5) is 31.7. The van der Waals surface area contributed by atoms with Crippen LogP contribution in [0, 0.1) is 11.3 Å². The Morgan fingerprint density at radius 3 is 2.66 bits per heavy atom. The topological polar surface area (TPSA) is 81.4 Å². The van der Waals surface area contributed by atoms with Gasteiger partial charge in [0, 0.05) is 4.88 Å². The molecule has 0 saturated carbocycles. The second-order valence-corrected chi connectivity index (χ2v) is 11.2. The number of nitrogens with zero attached hydrogens (tertiary/aromatic N) is 2. The molecule has 0 saturated heterocycles. The van der Waals surface area contributed by atoms with Crippen molar-refractivity contribution < 1.29 is 14.6 Å². The van der Waals surface area contributed by atoms with Gasteiger partial charge in [-0.1, -0.05) is 32.5 Å². The molecule has 2 aromatic heterocycles. The fourth-order valence-electron chi connectivity index (χ4n) is 4.25. The summed E-state index contributed by atoms with van der Waals surface area (Å²) in [5.74, 6) is 0.184. The van der Waals surface area contributed by atoms with Crippen LogP contribution in [0.2, 0.25) is 0 Å². The number of fused-ring (bicyclic) bond motifs is 3. The molecule has 0 radical (unpaired) electrons. The Morgan fingerprint density at radius 2 is 2.03 bits per heavy atom. The van der Waals surface area contributed by atoms with Crippen molar-refractivity contribution >= 4 is 39.3 Å². The van der Waals surface area contributed by atoms with Crippen molar-refractivity contribution in [2.45, 2.75) is 52.1 Å². The van der Waals surface area contributed by atoms with Gasteiger partial charge in [0.15, 0.2) is 5.16 Å². The Hall–Kier alpha value is -2.32. The van der Waals surface area contributed by atoms with E-state index >= 15 is 0 Å². The number of aliphatic carboxylic acids is 1. The van der Waals surface area contributed by atoms with Gasteiger partial charge in [0.05, 0.1) is 23.4 Å². The lowest BCUT2D eigenvalue weighted by atomic mass is 9.72. The summed E-state index contributed by atoms with van der Waals surface area (Å²) in [6.07, 6.45) is 2.89. The molecular formula is C24H28N2O4S2. The zero-order valence-corrected chi connectivity index (χ0v) is 20.4. The molecule has 0 fully saturated rings. The Labute approximate surface area is 195 Å². The molecule has 0 spiro atoms. The molecule has 3 aromatic rings. The number of benzene rings is 1. The van der Waals surface area contributed by atoms with Crippen LogP contribution in [0.5, 0.6) is 5.75 Å². The van der Waals surface area contributed by atoms with E-state index in [9.17, 15) is 14.7 Å². The normalized spacial score (nSPS) is 16.2. The third-order valence-electron chi connectivity index (χ3n) is 6.01. The first-order valence-electron chi connectivity index (χ1n) is 10.8. The number of ether oxygens (including phenoxy) is 1. The molecule has 1 N–H and O–H groups in total. The predicted molar refractivity (Wildman–Crippen MR) is 130 cm³/mol. The van der Waals surface area contributed by atoms with E-state index in [2.05, 4.69) is 20.8 Å². The molecule has 1 aromatic carbocycles. The number of hydrogen-bond donors (Lipinski definition) is 1. The van der Waals surface area contributed by atoms with Gasteiger partial charge in [0.2, 0.25) is 0 Å². The minimum Gasteiger partial charge on any atom is -0.494 e. The van der Waals surface area contributed by atoms with Crippen molar-refractivity contribution in [3.05, 3.63) is 45.1 Å². The molecule has 0 amide bonds. The number of thioether (sulfide) groups is 1. The SMILES string of the molecule is CCOc1ccc(-n2c(SCC(=O)O)nc3sc4c(c3c2=O)CCC(C(C)(C)C)C4)cc1. The third-order valence-corrected chi connectivity index (χ3v) is 8.08. The molecule has 1 unspecified atom stereocenters. The number of aryl methyl sites for hydroxylation is 1. The average Bonchev–Trinajstić information content (AvgIpc) is 3.10. The van der Waals surface area contributed by atoms with E-state index in [1.165, 1.54) is 4.88 Å². The second kappa shape index (κ2) is 8.90. The van der Waals surface area contributed by atoms with Gasteiger partial charge >= 0.3 is 5.97 Å². The molecule has 1 aliphatic rings. The minimum absolute atomic E-state index is 0.126. The van der Waals surface area contributed by atoms with Crippen LogP contribution in [0.1, 0.15) is 44.6 Å². The van der Waals surface area contributed by atoms with E-state index in [-0.39, 0.29) is 16.7 Å². The van der Waals surface area contributed by atoms with Crippen LogP contribution in [0.3, 0.4) is 0 Å². The van der Waals surface area contributed by atoms with E-state index in [1.54, 1.807) is 15.9 Å². The van der Waals surface area contributed by atoms with Gasteiger partial charge < -0.3 is 9.84 Å². The summed E-state index contributed by atoms with van der Waals surface area (Å²) in [5.41, 5.74) is 1.87. The average molecular weight is 473 g/mol. The van der Waals surface area contributed by atoms with Gasteiger partial charge in [0.25, 0.3) is 5.56 Å². The lowest BCUT2D eigenvalue weighted by Gasteiger charge is -2.33. The molecule has 4 rings (SSSR count). The minimum atomic E-state index is -0.943. The standard InChI is InChI=1S/C24H28N2O4S2/c1-5-30-16-9-7-15(8-10-16)26-22(29)20-17-11-6-14(24(2,3)4)12-18(17)32-21(20)25-23(26)31-13-19(27)28/h7-10,14H,5-6,11-13H2,1-4H3,(H,27,28). The van der Waals surface area contributed by atoms with Crippen molar-refractivity contribution in [2.24, 2.45) is 11.3 Å². The van der Waals surface area contributed by atoms with Crippen LogP contribution in [0.4, 0.5) is 0 Å². The smallest absolute Gasteiger partial charge is 0.313 e. The van der Waals surface area contributed by atoms with Crippen LogP contribution in [0.15, 0.2) is 34.2 Å². The number of hydrogen-bond acceptors (Lipinski definition) is 6. The summed E-state index contributed by atoms with van der Waals surface area (Å²) >= 11 is 2.66. The van der Waals surface area contributed by atoms with E-state index < -0.39 is 5.97 Å². The summed E-state index contributed by atoms with van der Waals surface area (Å²) in [7, 11) is 0. The quantitative estimate of drug-likeness (QED) is 0.394. The predicted octanol–water partition coefficient (Wildman–Crippen LogP) is 5.17. The molecule has 1 aliphatic carbocycles. The molecule has 1 atom stereocenters. The highest BCUT2D eigenvalue weighted by Gasteiger charge is 2.32. The molecular weight excluding hydrogens is 444 g/mol.